The van der Waals surface area contributed by atoms with E-state index in [4.69, 9.17) is 16.3 Å². The molecule has 0 fully saturated rings. The molecule has 0 aliphatic heterocycles. The Morgan fingerprint density at radius 2 is 2.11 bits per heavy atom. The summed E-state index contributed by atoms with van der Waals surface area (Å²) in [4.78, 5) is 13.6. The molecule has 2 unspecified atom stereocenters. The molecule has 200 valence electrons. The van der Waals surface area contributed by atoms with Gasteiger partial charge in [-0.25, -0.2) is 0 Å². The number of ether oxygens (including phenoxy) is 1. The van der Waals surface area contributed by atoms with E-state index in [2.05, 4.69) is 68.2 Å². The highest BCUT2D eigenvalue weighted by Crippen LogP contribution is 2.35. The molecular formula is C30H40ClN3O3. The summed E-state index contributed by atoms with van der Waals surface area (Å²) in [7, 11) is 2.09. The number of hydrogen-bond acceptors (Lipinski definition) is 4. The minimum Gasteiger partial charge on any atom is -0.493 e. The van der Waals surface area contributed by atoms with Crippen molar-refractivity contribution in [3.63, 3.8) is 0 Å². The van der Waals surface area contributed by atoms with Gasteiger partial charge in [0.15, 0.2) is 5.15 Å². The average Bonchev–Trinajstić information content (AvgIpc) is 3.20. The Morgan fingerprint density at radius 1 is 1.32 bits per heavy atom. The van der Waals surface area contributed by atoms with Gasteiger partial charge in [-0.3, -0.25) is 9.48 Å². The van der Waals surface area contributed by atoms with Crippen LogP contribution in [0.4, 0.5) is 0 Å². The maximum absolute atomic E-state index is 11.3. The Kier molecular flexibility index (Phi) is 8.81. The number of rotatable bonds is 11. The van der Waals surface area contributed by atoms with Gasteiger partial charge in [0.2, 0.25) is 0 Å². The van der Waals surface area contributed by atoms with Gasteiger partial charge in [0.25, 0.3) is 0 Å². The van der Waals surface area contributed by atoms with Crippen molar-refractivity contribution in [2.45, 2.75) is 65.8 Å². The average molecular weight is 526 g/mol. The van der Waals surface area contributed by atoms with Gasteiger partial charge < -0.3 is 14.7 Å². The molecule has 0 spiro atoms. The number of allylic oxidation sites excluding steroid dienone is 1. The summed E-state index contributed by atoms with van der Waals surface area (Å²) >= 11 is 6.44. The third kappa shape index (κ3) is 6.29. The molecule has 1 heterocycles. The lowest BCUT2D eigenvalue weighted by Crippen LogP contribution is -2.27. The monoisotopic (exact) mass is 525 g/mol. The molecule has 2 atom stereocenters. The van der Waals surface area contributed by atoms with Crippen molar-refractivity contribution in [3.05, 3.63) is 57.4 Å². The van der Waals surface area contributed by atoms with Gasteiger partial charge in [-0.2, -0.15) is 5.10 Å². The predicted molar refractivity (Wildman–Crippen MR) is 150 cm³/mol. The number of nitrogens with zero attached hydrogens (tertiary/aromatic N) is 3. The second-order valence-electron chi connectivity index (χ2n) is 10.8. The number of aryl methyl sites for hydroxylation is 1. The first kappa shape index (κ1) is 27.5. The number of carbonyl (C=O) groups is 1. The van der Waals surface area contributed by atoms with E-state index >= 15 is 0 Å². The first-order valence-electron chi connectivity index (χ1n) is 13.5. The van der Waals surface area contributed by atoms with Gasteiger partial charge >= 0.3 is 5.97 Å². The van der Waals surface area contributed by atoms with Crippen LogP contribution >= 0.6 is 11.6 Å². The highest BCUT2D eigenvalue weighted by Gasteiger charge is 2.24. The molecule has 0 radical (unpaired) electrons. The van der Waals surface area contributed by atoms with Crippen LogP contribution in [0.1, 0.15) is 75.4 Å². The Bertz CT molecular complexity index is 1200. The number of carboxylic acid groups (broad SMARTS) is 1. The summed E-state index contributed by atoms with van der Waals surface area (Å²) < 4.78 is 8.23. The molecule has 1 aromatic heterocycles. The number of hydrogen-bond donors (Lipinski definition) is 1. The number of likely N-dealkylation sites (N-methyl/N-ethyl adjacent to an activating group) is 1. The van der Waals surface area contributed by atoms with Crippen LogP contribution in [-0.4, -0.2) is 52.5 Å². The minimum atomic E-state index is -0.689. The molecule has 6 nitrogen and oxygen atoms in total. The van der Waals surface area contributed by atoms with E-state index in [1.54, 1.807) is 0 Å². The fourth-order valence-electron chi connectivity index (χ4n) is 5.46. The van der Waals surface area contributed by atoms with E-state index in [0.29, 0.717) is 24.6 Å². The minimum absolute atomic E-state index is 0.260. The van der Waals surface area contributed by atoms with Crippen molar-refractivity contribution < 1.29 is 14.6 Å². The van der Waals surface area contributed by atoms with Crippen LogP contribution < -0.4 is 4.74 Å². The van der Waals surface area contributed by atoms with Gasteiger partial charge in [-0.05, 0) is 101 Å². The van der Waals surface area contributed by atoms with Crippen LogP contribution in [0.5, 0.6) is 5.75 Å². The molecule has 0 amide bonds. The molecular weight excluding hydrogens is 486 g/mol. The summed E-state index contributed by atoms with van der Waals surface area (Å²) in [6.07, 6.45) is 8.58. The van der Waals surface area contributed by atoms with Crippen LogP contribution in [-0.2, 0) is 17.6 Å². The zero-order valence-corrected chi connectivity index (χ0v) is 23.5. The fourth-order valence-corrected chi connectivity index (χ4v) is 5.72. The lowest BCUT2D eigenvalue weighted by Gasteiger charge is -2.26. The van der Waals surface area contributed by atoms with Crippen molar-refractivity contribution in [1.29, 1.82) is 0 Å². The van der Waals surface area contributed by atoms with Gasteiger partial charge in [-0.1, -0.05) is 36.2 Å². The molecule has 1 N–H and O–H groups in total. The second-order valence-corrected chi connectivity index (χ2v) is 11.2. The van der Waals surface area contributed by atoms with Crippen LogP contribution in [0.15, 0.2) is 29.8 Å². The molecule has 7 heteroatoms. The Balaban J connectivity index is 1.35. The summed E-state index contributed by atoms with van der Waals surface area (Å²) in [5, 5.41) is 14.4. The largest absolute Gasteiger partial charge is 0.493 e. The molecule has 2 aromatic rings. The predicted octanol–water partition coefficient (Wildman–Crippen LogP) is 6.53. The van der Waals surface area contributed by atoms with E-state index in [9.17, 15) is 9.90 Å². The van der Waals surface area contributed by atoms with Crippen molar-refractivity contribution in [2.75, 3.05) is 26.7 Å². The SMILES string of the molecule is CCC(CCN(C)CC1=C(C)c2ccc(OCC3C=Cc4c(c(Cl)nn4C(C)C)C3)cc2CC1)C(=O)O. The topological polar surface area (TPSA) is 67.6 Å². The first-order valence-corrected chi connectivity index (χ1v) is 13.9. The van der Waals surface area contributed by atoms with Crippen molar-refractivity contribution >= 4 is 29.2 Å². The van der Waals surface area contributed by atoms with E-state index < -0.39 is 5.97 Å². The van der Waals surface area contributed by atoms with Crippen LogP contribution in [0.3, 0.4) is 0 Å². The summed E-state index contributed by atoms with van der Waals surface area (Å²) in [6.45, 7) is 10.7. The molecule has 2 aliphatic carbocycles. The smallest absolute Gasteiger partial charge is 0.306 e. The lowest BCUT2D eigenvalue weighted by atomic mass is 9.86. The first-order chi connectivity index (χ1) is 17.7. The van der Waals surface area contributed by atoms with E-state index in [-0.39, 0.29) is 17.9 Å². The molecule has 1 aromatic carbocycles. The lowest BCUT2D eigenvalue weighted by molar-refractivity contribution is -0.142. The maximum Gasteiger partial charge on any atom is 0.306 e. The summed E-state index contributed by atoms with van der Waals surface area (Å²) in [5.41, 5.74) is 7.64. The van der Waals surface area contributed by atoms with Gasteiger partial charge in [0, 0.05) is 24.1 Å². The maximum atomic E-state index is 11.3. The van der Waals surface area contributed by atoms with Crippen molar-refractivity contribution in [3.8, 4) is 5.75 Å². The van der Waals surface area contributed by atoms with Crippen molar-refractivity contribution in [2.24, 2.45) is 11.8 Å². The van der Waals surface area contributed by atoms with Gasteiger partial charge in [0.05, 0.1) is 18.2 Å². The van der Waals surface area contributed by atoms with Gasteiger partial charge in [-0.15, -0.1) is 0 Å². The van der Waals surface area contributed by atoms with Crippen molar-refractivity contribution in [1.82, 2.24) is 14.7 Å². The van der Waals surface area contributed by atoms with E-state index in [0.717, 1.165) is 49.4 Å². The number of aromatic nitrogens is 2. The zero-order chi connectivity index (χ0) is 26.7. The molecule has 0 saturated carbocycles. The number of aliphatic carboxylic acids is 1. The molecule has 0 saturated heterocycles. The Morgan fingerprint density at radius 3 is 2.81 bits per heavy atom. The zero-order valence-electron chi connectivity index (χ0n) is 22.8. The molecule has 0 bridgehead atoms. The quantitative estimate of drug-likeness (QED) is 0.361. The normalized spacial score (nSPS) is 17.8. The summed E-state index contributed by atoms with van der Waals surface area (Å²) in [6, 6.07) is 6.74. The number of fused-ring (bicyclic) bond motifs is 2. The van der Waals surface area contributed by atoms with Crippen LogP contribution in [0.25, 0.3) is 11.6 Å². The van der Waals surface area contributed by atoms with Crippen LogP contribution in [0, 0.1) is 11.8 Å². The van der Waals surface area contributed by atoms with E-state index in [1.807, 2.05) is 11.6 Å². The molecule has 4 rings (SSSR count). The third-order valence-corrected chi connectivity index (χ3v) is 8.12. The molecule has 2 aliphatic rings. The number of halogens is 1. The number of benzene rings is 1. The number of carboxylic acids is 1. The van der Waals surface area contributed by atoms with Gasteiger partial charge in [0.1, 0.15) is 5.75 Å². The molecule has 37 heavy (non-hydrogen) atoms. The van der Waals surface area contributed by atoms with E-state index in [1.165, 1.54) is 22.3 Å². The Labute approximate surface area is 226 Å². The second kappa shape index (κ2) is 11.9. The summed E-state index contributed by atoms with van der Waals surface area (Å²) in [5.74, 6) is 0.229. The highest BCUT2D eigenvalue weighted by atomic mass is 35.5. The standard InChI is InChI=1S/C30H40ClN3O3/c1-6-22(30(35)36)13-14-33(5)17-24-9-8-23-16-25(10-11-26(23)20(24)4)37-18-21-7-12-28-27(15-21)29(31)32-34(28)19(2)3/h7,10-12,16,19,21-22H,6,8-9,13-15,17-18H2,1-5H3,(H,35,36). The Hall–Kier alpha value is -2.57. The van der Waals surface area contributed by atoms with Crippen LogP contribution in [0.2, 0.25) is 5.15 Å². The highest BCUT2D eigenvalue weighted by molar-refractivity contribution is 6.30. The fraction of sp³-hybridized carbons (Fsp3) is 0.533. The third-order valence-electron chi connectivity index (χ3n) is 7.82.